The van der Waals surface area contributed by atoms with Crippen molar-refractivity contribution in [3.8, 4) is 22.0 Å². The topological polar surface area (TPSA) is 449 Å². The minimum atomic E-state index is -1.99. The lowest BCUT2D eigenvalue weighted by Crippen LogP contribution is -2.58. The number of aromatic nitrogens is 5. The molecular weight excluding hydrogens is 1080 g/mol. The maximum Gasteiger partial charge on any atom is 0.278 e. The zero-order valence-electron chi connectivity index (χ0n) is 43.4. The van der Waals surface area contributed by atoms with Crippen LogP contribution in [0.4, 0.5) is 0 Å². The fourth-order valence-electron chi connectivity index (χ4n) is 6.66. The van der Waals surface area contributed by atoms with E-state index >= 15 is 0 Å². The van der Waals surface area contributed by atoms with E-state index in [1.54, 1.807) is 0 Å². The molecule has 5 aromatic heterocycles. The van der Waals surface area contributed by atoms with Crippen LogP contribution in [-0.4, -0.2) is 118 Å². The van der Waals surface area contributed by atoms with E-state index in [9.17, 15) is 58.2 Å². The van der Waals surface area contributed by atoms with Crippen molar-refractivity contribution in [3.05, 3.63) is 145 Å². The molecule has 0 aromatic carbocycles. The third-order valence-electron chi connectivity index (χ3n) is 10.9. The first-order valence-corrected chi connectivity index (χ1v) is 24.0. The predicted molar refractivity (Wildman–Crippen MR) is 282 cm³/mol. The second-order valence-electron chi connectivity index (χ2n) is 17.6. The number of hydrogen-bond acceptors (Lipinski definition) is 21. The molecule has 1 aliphatic rings. The average molecular weight is 1130 g/mol. The number of amides is 10. The minimum absolute atomic E-state index is 0.0591. The molecule has 6 heterocycles. The van der Waals surface area contributed by atoms with E-state index in [1.807, 2.05) is 0 Å². The molecular formula is C50H49N15O15S. The third-order valence-corrected chi connectivity index (χ3v) is 11.8. The van der Waals surface area contributed by atoms with E-state index in [-0.39, 0.29) is 68.0 Å². The molecule has 13 N–H and O–H groups in total. The van der Waals surface area contributed by atoms with E-state index in [0.29, 0.717) is 0 Å². The molecule has 0 saturated carbocycles. The normalized spacial score (nSPS) is 17.3. The number of fused-ring (bicyclic) bond motifs is 11. The van der Waals surface area contributed by atoms with Crippen molar-refractivity contribution in [2.24, 2.45) is 5.73 Å². The maximum atomic E-state index is 13.8. The Kier molecular flexibility index (Phi) is 17.8. The highest BCUT2D eigenvalue weighted by atomic mass is 32.1. The van der Waals surface area contributed by atoms with Crippen LogP contribution >= 0.6 is 11.3 Å². The van der Waals surface area contributed by atoms with Crippen molar-refractivity contribution in [2.45, 2.75) is 58.4 Å². The number of pyridine rings is 1. The summed E-state index contributed by atoms with van der Waals surface area (Å²) in [4.78, 5) is 153. The zero-order valence-corrected chi connectivity index (χ0v) is 44.2. The Bertz CT molecular complexity index is 3610. The fourth-order valence-corrected chi connectivity index (χ4v) is 7.48. The number of carbonyl (C=O) groups is 10. The van der Waals surface area contributed by atoms with Crippen LogP contribution in [0.3, 0.4) is 0 Å². The molecule has 0 radical (unpaired) electrons. The van der Waals surface area contributed by atoms with E-state index in [2.05, 4.69) is 112 Å². The minimum Gasteiger partial charge on any atom is -0.443 e. The van der Waals surface area contributed by atoms with Gasteiger partial charge in [0.1, 0.15) is 58.2 Å². The first-order chi connectivity index (χ1) is 38.0. The number of oxazole rings is 3. The number of thiazole rings is 1. The molecule has 1 unspecified atom stereocenters. The van der Waals surface area contributed by atoms with Gasteiger partial charge in [-0.05, 0) is 46.8 Å². The van der Waals surface area contributed by atoms with Gasteiger partial charge in [-0.15, -0.1) is 11.3 Å². The standard InChI is InChI=1S/C50H49N15O15S/c1-12-27-48-61-30(16-79-48)41(72)54-21(5)39(70)65-35(50(10,11)77)45(76)57-23(7)47-64-33(25(9)80-47)44(75)55-20(4)38(69)56-22(6)46-60-29(15-78-46)34-26(49-62-31(17-81-49)42(73)63-32(24(8)66)43(74)59-27)13-14-28(58-34)40(71)53-19(3)37(68)52-18(2)36(51)67/h12-17,24,32,35,66,77H,2-7H2,1,8-11H3,(H2,51,67)(H,52,68)(H,53,71)(H,54,72)(H,55,75)(H,56,69)(H,57,76)(H,59,74)(H,63,73)(H,65,70)/t24-,32+,35?/m1/s1. The number of hydrogen-bond donors (Lipinski definition) is 12. The highest BCUT2D eigenvalue weighted by Gasteiger charge is 2.37. The molecule has 10 amide bonds. The molecule has 81 heavy (non-hydrogen) atoms. The van der Waals surface area contributed by atoms with E-state index in [4.69, 9.17) is 19.0 Å². The number of rotatable bonds is 7. The summed E-state index contributed by atoms with van der Waals surface area (Å²) < 4.78 is 16.6. The summed E-state index contributed by atoms with van der Waals surface area (Å²) in [5, 5.41) is 43.5. The van der Waals surface area contributed by atoms with Crippen molar-refractivity contribution in [2.75, 3.05) is 0 Å². The van der Waals surface area contributed by atoms with Gasteiger partial charge in [-0.1, -0.05) is 45.5 Å². The highest BCUT2D eigenvalue weighted by Crippen LogP contribution is 2.33. The Morgan fingerprint density at radius 2 is 1.33 bits per heavy atom. The van der Waals surface area contributed by atoms with Crippen LogP contribution < -0.4 is 53.6 Å². The van der Waals surface area contributed by atoms with Crippen LogP contribution in [0.5, 0.6) is 0 Å². The maximum absolute atomic E-state index is 13.8. The average Bonchev–Trinajstić information content (AvgIpc) is 4.26. The van der Waals surface area contributed by atoms with Crippen LogP contribution in [0, 0.1) is 6.92 Å². The molecule has 31 heteroatoms. The Hall–Kier alpha value is -10.8. The Morgan fingerprint density at radius 1 is 0.716 bits per heavy atom. The largest absolute Gasteiger partial charge is 0.443 e. The van der Waals surface area contributed by atoms with Gasteiger partial charge in [0, 0.05) is 10.9 Å². The highest BCUT2D eigenvalue weighted by molar-refractivity contribution is 7.13. The Balaban J connectivity index is 1.36. The van der Waals surface area contributed by atoms with Gasteiger partial charge in [0.25, 0.3) is 47.3 Å². The number of primary amides is 1. The number of carbonyl (C=O) groups excluding carboxylic acids is 10. The van der Waals surface area contributed by atoms with Gasteiger partial charge in [-0.2, -0.15) is 0 Å². The van der Waals surface area contributed by atoms with Gasteiger partial charge in [0.15, 0.2) is 11.4 Å². The second-order valence-corrected chi connectivity index (χ2v) is 18.4. The molecule has 6 rings (SSSR count). The number of aryl methyl sites for hydroxylation is 1. The number of allylic oxidation sites excluding steroid dienone is 1. The summed E-state index contributed by atoms with van der Waals surface area (Å²) in [5.74, 6) is -11.7. The lowest BCUT2D eigenvalue weighted by Gasteiger charge is -2.29. The van der Waals surface area contributed by atoms with Gasteiger partial charge in [-0.25, -0.2) is 24.9 Å². The van der Waals surface area contributed by atoms with Crippen LogP contribution in [0.15, 0.2) is 112 Å². The summed E-state index contributed by atoms with van der Waals surface area (Å²) in [6.07, 6.45) is 1.68. The third kappa shape index (κ3) is 14.0. The van der Waals surface area contributed by atoms with Gasteiger partial charge in [-0.3, -0.25) is 47.9 Å². The van der Waals surface area contributed by atoms with Crippen molar-refractivity contribution in [1.82, 2.24) is 72.8 Å². The molecule has 1 aliphatic heterocycles. The molecule has 0 fully saturated rings. The van der Waals surface area contributed by atoms with Gasteiger partial charge >= 0.3 is 0 Å². The summed E-state index contributed by atoms with van der Waals surface area (Å²) >= 11 is 0.882. The first kappa shape index (κ1) is 59.5. The number of aliphatic hydroxyl groups is 2. The van der Waals surface area contributed by atoms with E-state index in [1.165, 1.54) is 58.2 Å². The SMILES string of the molecule is C=C(NC(=O)C(=C)NC(=O)c1ccc2c(n1)-c1coc(n1)C(=C)NC(=O)C(=C)NC(=O)c1nc(oc1C)C(=C)NC(=O)C(C(C)(C)O)NC(=O)C(=C)NC(=O)c1coc(n1)C(=CC)NC(=O)[C@H]([C@@H](C)O)NC(=O)c1csc-2n1)C(N)=O. The first-order valence-electron chi connectivity index (χ1n) is 23.1. The van der Waals surface area contributed by atoms with Crippen LogP contribution in [0.1, 0.15) is 93.1 Å². The molecule has 0 saturated heterocycles. The Morgan fingerprint density at radius 3 is 1.99 bits per heavy atom. The summed E-state index contributed by atoms with van der Waals surface area (Å²) in [6.45, 7) is 27.7. The monoisotopic (exact) mass is 1130 g/mol. The predicted octanol–water partition coefficient (Wildman–Crippen LogP) is -0.210. The molecule has 5 aromatic rings. The van der Waals surface area contributed by atoms with Gasteiger partial charge < -0.3 is 77.0 Å². The van der Waals surface area contributed by atoms with Gasteiger partial charge in [0.2, 0.25) is 29.5 Å². The number of nitrogens with one attached hydrogen (secondary N) is 9. The molecule has 8 bridgehead atoms. The fraction of sp³-hybridized carbons (Fsp3) is 0.180. The quantitative estimate of drug-likeness (QED) is 0.0938. The molecule has 30 nitrogen and oxygen atoms in total. The zero-order chi connectivity index (χ0) is 59.9. The molecule has 3 atom stereocenters. The number of nitrogens with zero attached hydrogens (tertiary/aromatic N) is 5. The van der Waals surface area contributed by atoms with E-state index in [0.717, 1.165) is 23.9 Å². The number of nitrogens with two attached hydrogens (primary N) is 1. The van der Waals surface area contributed by atoms with E-state index < -0.39 is 123 Å². The Labute approximate surface area is 460 Å². The van der Waals surface area contributed by atoms with Gasteiger partial charge in [0.05, 0.1) is 51.6 Å². The number of aliphatic hydroxyl groups excluding tert-OH is 1. The smallest absolute Gasteiger partial charge is 0.278 e. The van der Waals surface area contributed by atoms with Crippen molar-refractivity contribution < 1.29 is 71.4 Å². The molecule has 420 valence electrons. The van der Waals surface area contributed by atoms with Crippen molar-refractivity contribution >= 4 is 87.5 Å². The van der Waals surface area contributed by atoms with Crippen LogP contribution in [-0.2, 0) is 28.8 Å². The molecule has 0 aliphatic carbocycles. The lowest BCUT2D eigenvalue weighted by molar-refractivity contribution is -0.132. The van der Waals surface area contributed by atoms with Crippen LogP contribution in [0.2, 0.25) is 0 Å². The summed E-state index contributed by atoms with van der Waals surface area (Å²) in [5.41, 5.74) is -1.59. The van der Waals surface area contributed by atoms with Crippen molar-refractivity contribution in [3.63, 3.8) is 0 Å². The van der Waals surface area contributed by atoms with Crippen molar-refractivity contribution in [1.29, 1.82) is 0 Å². The summed E-state index contributed by atoms with van der Waals surface area (Å²) in [6, 6.07) is -0.900. The molecule has 0 spiro atoms. The second kappa shape index (κ2) is 24.3. The summed E-state index contributed by atoms with van der Waals surface area (Å²) in [7, 11) is 0. The van der Waals surface area contributed by atoms with Crippen LogP contribution in [0.25, 0.3) is 39.1 Å². The lowest BCUT2D eigenvalue weighted by atomic mass is 9.97.